The lowest BCUT2D eigenvalue weighted by Gasteiger charge is -2.30. The van der Waals surface area contributed by atoms with Crippen molar-refractivity contribution in [1.29, 1.82) is 0 Å². The fourth-order valence-electron chi connectivity index (χ4n) is 2.92. The Morgan fingerprint density at radius 2 is 2.00 bits per heavy atom. The summed E-state index contributed by atoms with van der Waals surface area (Å²) in [5, 5.41) is 3.50. The first-order chi connectivity index (χ1) is 12.0. The summed E-state index contributed by atoms with van der Waals surface area (Å²) in [6, 6.07) is 14.8. The van der Waals surface area contributed by atoms with Crippen LogP contribution in [0, 0.1) is 0 Å². The van der Waals surface area contributed by atoms with E-state index in [1.165, 1.54) is 6.92 Å². The standard InChI is InChI=1S/C19H19ClN2O2S/c1-13(23)21-16(14-5-3-2-4-6-14)12-19(24)22-9-10-25-18-8-7-15(20)11-17(18)22/h2-8,11,16H,9-10,12H2,1H3,(H,21,23). The van der Waals surface area contributed by atoms with E-state index < -0.39 is 0 Å². The highest BCUT2D eigenvalue weighted by molar-refractivity contribution is 7.99. The second kappa shape index (κ2) is 7.93. The Morgan fingerprint density at radius 3 is 2.72 bits per heavy atom. The molecule has 1 atom stereocenters. The van der Waals surface area contributed by atoms with Crippen molar-refractivity contribution in [3.05, 3.63) is 59.1 Å². The number of anilines is 1. The molecule has 0 spiro atoms. The number of carbonyl (C=O) groups excluding carboxylic acids is 2. The van der Waals surface area contributed by atoms with E-state index in [2.05, 4.69) is 5.32 Å². The molecule has 1 unspecified atom stereocenters. The third-order valence-corrected chi connectivity index (χ3v) is 5.32. The second-order valence-electron chi connectivity index (χ2n) is 5.87. The fourth-order valence-corrected chi connectivity index (χ4v) is 4.06. The normalized spacial score (nSPS) is 14.6. The third kappa shape index (κ3) is 4.35. The smallest absolute Gasteiger partial charge is 0.229 e. The molecular weight excluding hydrogens is 356 g/mol. The van der Waals surface area contributed by atoms with Gasteiger partial charge in [-0.25, -0.2) is 0 Å². The molecule has 1 heterocycles. The SMILES string of the molecule is CC(=O)NC(CC(=O)N1CCSc2ccc(Cl)cc21)c1ccccc1. The Balaban J connectivity index is 1.83. The van der Waals surface area contributed by atoms with E-state index in [-0.39, 0.29) is 24.3 Å². The van der Waals surface area contributed by atoms with Crippen LogP contribution in [0.5, 0.6) is 0 Å². The maximum absolute atomic E-state index is 13.0. The third-order valence-electron chi connectivity index (χ3n) is 4.04. The Labute approximate surface area is 156 Å². The number of amides is 2. The highest BCUT2D eigenvalue weighted by atomic mass is 35.5. The van der Waals surface area contributed by atoms with Gasteiger partial charge in [0.1, 0.15) is 0 Å². The van der Waals surface area contributed by atoms with Crippen LogP contribution >= 0.6 is 23.4 Å². The minimum atomic E-state index is -0.344. The summed E-state index contributed by atoms with van der Waals surface area (Å²) >= 11 is 7.84. The molecule has 1 N–H and O–H groups in total. The molecule has 2 amide bonds. The number of rotatable bonds is 4. The van der Waals surface area contributed by atoms with Crippen LogP contribution in [0.1, 0.15) is 24.9 Å². The molecule has 3 rings (SSSR count). The summed E-state index contributed by atoms with van der Waals surface area (Å²) in [5.74, 6) is 0.669. The van der Waals surface area contributed by atoms with Crippen LogP contribution in [0.2, 0.25) is 5.02 Å². The number of halogens is 1. The van der Waals surface area contributed by atoms with Crippen molar-refractivity contribution in [2.24, 2.45) is 0 Å². The van der Waals surface area contributed by atoms with Crippen molar-refractivity contribution in [2.45, 2.75) is 24.3 Å². The number of hydrogen-bond donors (Lipinski definition) is 1. The number of hydrogen-bond acceptors (Lipinski definition) is 3. The van der Waals surface area contributed by atoms with Crippen LogP contribution in [0.25, 0.3) is 0 Å². The van der Waals surface area contributed by atoms with Gasteiger partial charge in [0.2, 0.25) is 11.8 Å². The summed E-state index contributed by atoms with van der Waals surface area (Å²) in [7, 11) is 0. The summed E-state index contributed by atoms with van der Waals surface area (Å²) < 4.78 is 0. The topological polar surface area (TPSA) is 49.4 Å². The van der Waals surface area contributed by atoms with E-state index in [1.807, 2.05) is 48.5 Å². The lowest BCUT2D eigenvalue weighted by atomic mass is 10.0. The van der Waals surface area contributed by atoms with Crippen molar-refractivity contribution >= 4 is 40.9 Å². The van der Waals surface area contributed by atoms with Crippen LogP contribution in [-0.4, -0.2) is 24.1 Å². The largest absolute Gasteiger partial charge is 0.349 e. The number of carbonyl (C=O) groups is 2. The number of nitrogens with one attached hydrogen (secondary N) is 1. The molecule has 1 aliphatic heterocycles. The maximum Gasteiger partial charge on any atom is 0.229 e. The molecule has 2 aromatic carbocycles. The number of fused-ring (bicyclic) bond motifs is 1. The maximum atomic E-state index is 13.0. The quantitative estimate of drug-likeness (QED) is 0.878. The molecule has 2 aromatic rings. The van der Waals surface area contributed by atoms with Gasteiger partial charge in [0, 0.05) is 29.1 Å². The average Bonchev–Trinajstić information content (AvgIpc) is 2.61. The van der Waals surface area contributed by atoms with Gasteiger partial charge in [-0.3, -0.25) is 9.59 Å². The predicted molar refractivity (Wildman–Crippen MR) is 102 cm³/mol. The Kier molecular flexibility index (Phi) is 5.66. The van der Waals surface area contributed by atoms with Crippen molar-refractivity contribution in [3.63, 3.8) is 0 Å². The molecule has 6 heteroatoms. The van der Waals surface area contributed by atoms with Gasteiger partial charge >= 0.3 is 0 Å². The first-order valence-electron chi connectivity index (χ1n) is 8.09. The van der Waals surface area contributed by atoms with E-state index in [0.717, 1.165) is 21.9 Å². The molecule has 130 valence electrons. The molecular formula is C19H19ClN2O2S. The Morgan fingerprint density at radius 1 is 1.24 bits per heavy atom. The van der Waals surface area contributed by atoms with Crippen molar-refractivity contribution < 1.29 is 9.59 Å². The molecule has 0 bridgehead atoms. The lowest BCUT2D eigenvalue weighted by molar-refractivity contribution is -0.121. The number of nitrogens with zero attached hydrogens (tertiary/aromatic N) is 1. The van der Waals surface area contributed by atoms with Crippen LogP contribution < -0.4 is 10.2 Å². The summed E-state index contributed by atoms with van der Waals surface area (Å²) in [6.45, 7) is 2.10. The zero-order valence-electron chi connectivity index (χ0n) is 13.9. The minimum absolute atomic E-state index is 0.0218. The van der Waals surface area contributed by atoms with Gasteiger partial charge in [-0.2, -0.15) is 0 Å². The second-order valence-corrected chi connectivity index (χ2v) is 7.45. The van der Waals surface area contributed by atoms with Crippen LogP contribution in [0.15, 0.2) is 53.4 Å². The fraction of sp³-hybridized carbons (Fsp3) is 0.263. The minimum Gasteiger partial charge on any atom is -0.349 e. The van der Waals surface area contributed by atoms with Crippen LogP contribution in [0.4, 0.5) is 5.69 Å². The van der Waals surface area contributed by atoms with E-state index >= 15 is 0 Å². The lowest BCUT2D eigenvalue weighted by Crippen LogP contribution is -2.38. The molecule has 4 nitrogen and oxygen atoms in total. The molecule has 1 aliphatic rings. The molecule has 0 radical (unpaired) electrons. The highest BCUT2D eigenvalue weighted by Gasteiger charge is 2.26. The predicted octanol–water partition coefficient (Wildman–Crippen LogP) is 4.05. The molecule has 0 fully saturated rings. The van der Waals surface area contributed by atoms with Gasteiger partial charge in [-0.1, -0.05) is 41.9 Å². The highest BCUT2D eigenvalue weighted by Crippen LogP contribution is 2.37. The van der Waals surface area contributed by atoms with Crippen LogP contribution in [0.3, 0.4) is 0 Å². The van der Waals surface area contributed by atoms with Gasteiger partial charge in [0.05, 0.1) is 18.2 Å². The number of thioether (sulfide) groups is 1. The summed E-state index contributed by atoms with van der Waals surface area (Å²) in [4.78, 5) is 27.4. The van der Waals surface area contributed by atoms with E-state index in [1.54, 1.807) is 16.7 Å². The summed E-state index contributed by atoms with van der Waals surface area (Å²) in [5.41, 5.74) is 1.77. The summed E-state index contributed by atoms with van der Waals surface area (Å²) in [6.07, 6.45) is 0.209. The zero-order valence-corrected chi connectivity index (χ0v) is 15.4. The van der Waals surface area contributed by atoms with Gasteiger partial charge in [-0.05, 0) is 23.8 Å². The number of benzene rings is 2. The van der Waals surface area contributed by atoms with Crippen molar-refractivity contribution in [3.8, 4) is 0 Å². The van der Waals surface area contributed by atoms with Gasteiger partial charge in [0.25, 0.3) is 0 Å². The zero-order chi connectivity index (χ0) is 17.8. The molecule has 0 aliphatic carbocycles. The first-order valence-corrected chi connectivity index (χ1v) is 9.45. The average molecular weight is 375 g/mol. The van der Waals surface area contributed by atoms with Crippen molar-refractivity contribution in [1.82, 2.24) is 5.32 Å². The molecule has 0 saturated carbocycles. The van der Waals surface area contributed by atoms with E-state index in [0.29, 0.717) is 11.6 Å². The van der Waals surface area contributed by atoms with E-state index in [9.17, 15) is 9.59 Å². The van der Waals surface area contributed by atoms with Crippen molar-refractivity contribution in [2.75, 3.05) is 17.2 Å². The molecule has 0 aromatic heterocycles. The monoisotopic (exact) mass is 374 g/mol. The van der Waals surface area contributed by atoms with Crippen LogP contribution in [-0.2, 0) is 9.59 Å². The molecule has 25 heavy (non-hydrogen) atoms. The Bertz CT molecular complexity index is 782. The first kappa shape index (κ1) is 17.8. The Hall–Kier alpha value is -1.98. The van der Waals surface area contributed by atoms with E-state index in [4.69, 9.17) is 11.6 Å². The van der Waals surface area contributed by atoms with Gasteiger partial charge in [-0.15, -0.1) is 11.8 Å². The van der Waals surface area contributed by atoms with Gasteiger partial charge in [0.15, 0.2) is 0 Å². The molecule has 0 saturated heterocycles. The van der Waals surface area contributed by atoms with Gasteiger partial charge < -0.3 is 10.2 Å².